The molecule has 5 heteroatoms. The number of aryl methyl sites for hydroxylation is 1. The maximum absolute atomic E-state index is 11.5. The van der Waals surface area contributed by atoms with E-state index in [9.17, 15) is 4.79 Å². The van der Waals surface area contributed by atoms with Gasteiger partial charge in [-0.1, -0.05) is 12.1 Å². The van der Waals surface area contributed by atoms with E-state index in [0.29, 0.717) is 5.92 Å². The third-order valence-electron chi connectivity index (χ3n) is 5.88. The molecule has 5 nitrogen and oxygen atoms in total. The zero-order valence-electron chi connectivity index (χ0n) is 15.3. The molecule has 0 unspecified atom stereocenters. The van der Waals surface area contributed by atoms with Gasteiger partial charge in [0.25, 0.3) is 0 Å². The van der Waals surface area contributed by atoms with Crippen LogP contribution in [0.3, 0.4) is 0 Å². The molecule has 1 aromatic carbocycles. The molecule has 2 saturated heterocycles. The Hall–Kier alpha value is -1.85. The zero-order chi connectivity index (χ0) is 17.4. The number of piperazine rings is 1. The number of carbonyl (C=O) groups is 1. The highest BCUT2D eigenvalue weighted by molar-refractivity contribution is 5.84. The Morgan fingerprint density at radius 2 is 1.72 bits per heavy atom. The lowest BCUT2D eigenvalue weighted by Crippen LogP contribution is -2.56. The molecule has 0 spiro atoms. The quantitative estimate of drug-likeness (QED) is 0.914. The number of benzene rings is 1. The molecule has 1 amide bonds. The Morgan fingerprint density at radius 1 is 1.04 bits per heavy atom. The predicted molar refractivity (Wildman–Crippen MR) is 100 cm³/mol. The van der Waals surface area contributed by atoms with Crippen molar-refractivity contribution in [3.05, 3.63) is 35.5 Å². The number of carbonyl (C=O) groups excluding carboxylic acids is 1. The number of aromatic amines is 1. The first-order valence-electron chi connectivity index (χ1n) is 9.45. The van der Waals surface area contributed by atoms with E-state index in [-0.39, 0.29) is 5.91 Å². The minimum Gasteiger partial charge on any atom is -0.361 e. The number of hydrazine groups is 1. The number of fused-ring (bicyclic) bond motifs is 1. The van der Waals surface area contributed by atoms with Crippen molar-refractivity contribution in [2.45, 2.75) is 32.6 Å². The fraction of sp³-hybridized carbons (Fsp3) is 0.550. The van der Waals surface area contributed by atoms with Crippen molar-refractivity contribution in [3.63, 3.8) is 0 Å². The lowest BCUT2D eigenvalue weighted by atomic mass is 9.89. The van der Waals surface area contributed by atoms with Crippen molar-refractivity contribution in [1.82, 2.24) is 19.9 Å². The summed E-state index contributed by atoms with van der Waals surface area (Å²) >= 11 is 0. The topological polar surface area (TPSA) is 42.6 Å². The minimum absolute atomic E-state index is 0.202. The second-order valence-electron chi connectivity index (χ2n) is 7.48. The molecule has 1 aromatic heterocycles. The van der Waals surface area contributed by atoms with Gasteiger partial charge in [0, 0.05) is 63.3 Å². The van der Waals surface area contributed by atoms with Crippen LogP contribution >= 0.6 is 0 Å². The summed E-state index contributed by atoms with van der Waals surface area (Å²) in [5, 5.41) is 6.35. The number of hydrogen-bond donors (Lipinski definition) is 1. The van der Waals surface area contributed by atoms with Crippen LogP contribution in [0.2, 0.25) is 0 Å². The molecule has 4 rings (SSSR count). The summed E-state index contributed by atoms with van der Waals surface area (Å²) in [4.78, 5) is 16.9. The fourth-order valence-electron chi connectivity index (χ4n) is 4.35. The smallest absolute Gasteiger partial charge is 0.219 e. The standard InChI is InChI=1S/C20H28N4O/c1-15-3-4-18-19(14-21-20(18)13-15)17-5-7-23(8-6-17)24-11-9-22(10-12-24)16(2)25/h3-4,13-14,17,21H,5-12H2,1-2H3. The molecule has 2 aliphatic rings. The van der Waals surface area contributed by atoms with Gasteiger partial charge >= 0.3 is 0 Å². The summed E-state index contributed by atoms with van der Waals surface area (Å²) in [6.45, 7) is 9.70. The van der Waals surface area contributed by atoms with Crippen molar-refractivity contribution in [1.29, 1.82) is 0 Å². The highest BCUT2D eigenvalue weighted by atomic mass is 16.2. The van der Waals surface area contributed by atoms with Crippen LogP contribution in [-0.2, 0) is 4.79 Å². The largest absolute Gasteiger partial charge is 0.361 e. The van der Waals surface area contributed by atoms with E-state index in [4.69, 9.17) is 0 Å². The number of hydrogen-bond acceptors (Lipinski definition) is 3. The van der Waals surface area contributed by atoms with Crippen molar-refractivity contribution in [3.8, 4) is 0 Å². The number of nitrogens with one attached hydrogen (secondary N) is 1. The van der Waals surface area contributed by atoms with Crippen LogP contribution in [0.4, 0.5) is 0 Å². The van der Waals surface area contributed by atoms with Crippen LogP contribution in [0.25, 0.3) is 10.9 Å². The van der Waals surface area contributed by atoms with Gasteiger partial charge in [-0.2, -0.15) is 0 Å². The number of amides is 1. The first-order chi connectivity index (χ1) is 12.1. The number of rotatable bonds is 2. The van der Waals surface area contributed by atoms with Gasteiger partial charge in [-0.3, -0.25) is 4.79 Å². The average Bonchev–Trinajstić information content (AvgIpc) is 3.05. The Labute approximate surface area is 149 Å². The lowest BCUT2D eigenvalue weighted by molar-refractivity contribution is -0.135. The number of piperidine rings is 1. The Kier molecular flexibility index (Phi) is 4.52. The third-order valence-corrected chi connectivity index (χ3v) is 5.88. The number of nitrogens with zero attached hydrogens (tertiary/aromatic N) is 3. The first kappa shape index (κ1) is 16.6. The SMILES string of the molecule is CC(=O)N1CCN(N2CCC(c3c[nH]c4cc(C)ccc34)CC2)CC1. The Bertz CT molecular complexity index is 752. The van der Waals surface area contributed by atoms with Gasteiger partial charge in [0.1, 0.15) is 0 Å². The molecule has 1 N–H and O–H groups in total. The van der Waals surface area contributed by atoms with Crippen molar-refractivity contribution in [2.75, 3.05) is 39.3 Å². The zero-order valence-corrected chi connectivity index (χ0v) is 15.3. The fourth-order valence-corrected chi connectivity index (χ4v) is 4.35. The molecular formula is C20H28N4O. The van der Waals surface area contributed by atoms with Crippen LogP contribution in [0.5, 0.6) is 0 Å². The molecule has 0 atom stereocenters. The normalized spacial score (nSPS) is 21.1. The predicted octanol–water partition coefficient (Wildman–Crippen LogP) is 2.73. The van der Waals surface area contributed by atoms with Crippen LogP contribution in [0, 0.1) is 6.92 Å². The highest BCUT2D eigenvalue weighted by Crippen LogP contribution is 2.33. The maximum Gasteiger partial charge on any atom is 0.219 e. The van der Waals surface area contributed by atoms with Crippen molar-refractivity contribution in [2.24, 2.45) is 0 Å². The van der Waals surface area contributed by atoms with Gasteiger partial charge < -0.3 is 9.88 Å². The lowest BCUT2D eigenvalue weighted by Gasteiger charge is -2.43. The van der Waals surface area contributed by atoms with Gasteiger partial charge in [-0.05, 0) is 42.9 Å². The molecule has 0 saturated carbocycles. The molecule has 25 heavy (non-hydrogen) atoms. The minimum atomic E-state index is 0.202. The Morgan fingerprint density at radius 3 is 2.40 bits per heavy atom. The summed E-state index contributed by atoms with van der Waals surface area (Å²) in [7, 11) is 0. The van der Waals surface area contributed by atoms with Gasteiger partial charge in [-0.25, -0.2) is 10.0 Å². The van der Waals surface area contributed by atoms with E-state index in [1.807, 2.05) is 4.90 Å². The summed E-state index contributed by atoms with van der Waals surface area (Å²) in [5.41, 5.74) is 4.05. The van der Waals surface area contributed by atoms with E-state index in [2.05, 4.69) is 46.3 Å². The van der Waals surface area contributed by atoms with Gasteiger partial charge in [0.2, 0.25) is 5.91 Å². The molecule has 2 aromatic rings. The average molecular weight is 340 g/mol. The van der Waals surface area contributed by atoms with Crippen LogP contribution in [-0.4, -0.2) is 65.1 Å². The van der Waals surface area contributed by atoms with E-state index in [1.165, 1.54) is 34.9 Å². The summed E-state index contributed by atoms with van der Waals surface area (Å²) < 4.78 is 0. The molecule has 134 valence electrons. The van der Waals surface area contributed by atoms with Crippen molar-refractivity contribution < 1.29 is 4.79 Å². The van der Waals surface area contributed by atoms with Gasteiger partial charge in [0.05, 0.1) is 0 Å². The molecular weight excluding hydrogens is 312 g/mol. The van der Waals surface area contributed by atoms with E-state index >= 15 is 0 Å². The van der Waals surface area contributed by atoms with E-state index in [0.717, 1.165) is 39.3 Å². The van der Waals surface area contributed by atoms with E-state index < -0.39 is 0 Å². The molecule has 2 fully saturated rings. The highest BCUT2D eigenvalue weighted by Gasteiger charge is 2.28. The first-order valence-corrected chi connectivity index (χ1v) is 9.45. The molecule has 0 aliphatic carbocycles. The third kappa shape index (κ3) is 3.31. The van der Waals surface area contributed by atoms with Crippen LogP contribution in [0.1, 0.15) is 36.8 Å². The van der Waals surface area contributed by atoms with Crippen LogP contribution in [0.15, 0.2) is 24.4 Å². The van der Waals surface area contributed by atoms with E-state index in [1.54, 1.807) is 6.92 Å². The maximum atomic E-state index is 11.5. The molecule has 0 radical (unpaired) electrons. The number of aromatic nitrogens is 1. The second-order valence-corrected chi connectivity index (χ2v) is 7.48. The Balaban J connectivity index is 1.37. The molecule has 2 aliphatic heterocycles. The summed E-state index contributed by atoms with van der Waals surface area (Å²) in [5.74, 6) is 0.846. The van der Waals surface area contributed by atoms with Gasteiger partial charge in [-0.15, -0.1) is 0 Å². The second kappa shape index (κ2) is 6.81. The summed E-state index contributed by atoms with van der Waals surface area (Å²) in [6.07, 6.45) is 4.62. The summed E-state index contributed by atoms with van der Waals surface area (Å²) in [6, 6.07) is 6.72. The molecule has 3 heterocycles. The van der Waals surface area contributed by atoms with Gasteiger partial charge in [0.15, 0.2) is 0 Å². The van der Waals surface area contributed by atoms with Crippen molar-refractivity contribution >= 4 is 16.8 Å². The number of H-pyrrole nitrogens is 1. The monoisotopic (exact) mass is 340 g/mol. The molecule has 0 bridgehead atoms. The van der Waals surface area contributed by atoms with Crippen LogP contribution < -0.4 is 0 Å².